The van der Waals surface area contributed by atoms with Gasteiger partial charge in [0.25, 0.3) is 16.0 Å². The van der Waals surface area contributed by atoms with Crippen LogP contribution in [-0.4, -0.2) is 43.2 Å². The van der Waals surface area contributed by atoms with Crippen LogP contribution in [0.5, 0.6) is 0 Å². The average molecular weight is 527 g/mol. The molecule has 1 saturated heterocycles. The maximum atomic E-state index is 13.0. The second kappa shape index (κ2) is 11.6. The molecule has 1 fully saturated rings. The van der Waals surface area contributed by atoms with Crippen LogP contribution in [0.3, 0.4) is 0 Å². The van der Waals surface area contributed by atoms with Gasteiger partial charge in [-0.25, -0.2) is 0 Å². The van der Waals surface area contributed by atoms with Crippen LogP contribution in [0.2, 0.25) is 0 Å². The fourth-order valence-corrected chi connectivity index (χ4v) is 6.01. The van der Waals surface area contributed by atoms with Gasteiger partial charge in [-0.2, -0.15) is 8.42 Å². The van der Waals surface area contributed by atoms with Crippen molar-refractivity contribution in [2.75, 3.05) is 0 Å². The van der Waals surface area contributed by atoms with Gasteiger partial charge in [0.1, 0.15) is 6.04 Å². The lowest BCUT2D eigenvalue weighted by Crippen LogP contribution is -2.52. The number of hydrogen-bond acceptors (Lipinski definition) is 6. The highest BCUT2D eigenvalue weighted by atomic mass is 32.2. The van der Waals surface area contributed by atoms with Gasteiger partial charge in [0.2, 0.25) is 11.8 Å². The van der Waals surface area contributed by atoms with E-state index in [0.717, 1.165) is 48.8 Å². The van der Waals surface area contributed by atoms with E-state index in [4.69, 9.17) is 4.18 Å². The summed E-state index contributed by atoms with van der Waals surface area (Å²) in [6, 6.07) is 12.0. The topological polar surface area (TPSA) is 110 Å². The van der Waals surface area contributed by atoms with Gasteiger partial charge in [-0.05, 0) is 68.9 Å². The number of amides is 3. The predicted molar refractivity (Wildman–Crippen MR) is 138 cm³/mol. The number of hydrogen-bond donors (Lipinski definition) is 1. The Labute approximate surface area is 218 Å². The van der Waals surface area contributed by atoms with Crippen molar-refractivity contribution in [3.8, 4) is 0 Å². The van der Waals surface area contributed by atoms with Crippen LogP contribution in [-0.2, 0) is 36.9 Å². The summed E-state index contributed by atoms with van der Waals surface area (Å²) in [7, 11) is -3.75. The molecule has 3 amide bonds. The van der Waals surface area contributed by atoms with Crippen LogP contribution in [0.15, 0.2) is 47.4 Å². The van der Waals surface area contributed by atoms with Crippen molar-refractivity contribution >= 4 is 27.8 Å². The van der Waals surface area contributed by atoms with E-state index in [1.165, 1.54) is 0 Å². The maximum absolute atomic E-state index is 13.0. The Balaban J connectivity index is 1.18. The first-order chi connectivity index (χ1) is 17.6. The third-order valence-electron chi connectivity index (χ3n) is 7.02. The van der Waals surface area contributed by atoms with E-state index in [1.807, 2.05) is 25.1 Å². The zero-order valence-electron chi connectivity index (χ0n) is 21.4. The summed E-state index contributed by atoms with van der Waals surface area (Å²) in [6.07, 6.45) is 5.50. The highest BCUT2D eigenvalue weighted by molar-refractivity contribution is 7.86. The molecule has 198 valence electrons. The Morgan fingerprint density at radius 3 is 2.49 bits per heavy atom. The fraction of sp³-hybridized carbons (Fsp3) is 0.464. The van der Waals surface area contributed by atoms with Crippen LogP contribution in [0.1, 0.15) is 78.9 Å². The van der Waals surface area contributed by atoms with Crippen LogP contribution in [0.25, 0.3) is 0 Å². The monoisotopic (exact) mass is 526 g/mol. The molecule has 2 heterocycles. The normalized spacial score (nSPS) is 18.6. The number of fused-ring (bicyclic) bond motifs is 1. The van der Waals surface area contributed by atoms with Crippen molar-refractivity contribution in [3.05, 3.63) is 64.7 Å². The smallest absolute Gasteiger partial charge is 0.297 e. The van der Waals surface area contributed by atoms with E-state index < -0.39 is 22.1 Å². The lowest BCUT2D eigenvalue weighted by atomic mass is 10.0. The molecule has 2 atom stereocenters. The number of rotatable bonds is 11. The number of carbonyl (C=O) groups is 3. The number of unbranched alkanes of at least 4 members (excludes halogenated alkanes) is 3. The molecule has 0 aromatic heterocycles. The molecule has 37 heavy (non-hydrogen) atoms. The Hall–Kier alpha value is -3.04. The molecule has 2 unspecified atom stereocenters. The highest BCUT2D eigenvalue weighted by Gasteiger charge is 2.39. The van der Waals surface area contributed by atoms with Crippen molar-refractivity contribution in [1.29, 1.82) is 0 Å². The van der Waals surface area contributed by atoms with Crippen LogP contribution in [0.4, 0.5) is 0 Å². The fourth-order valence-electron chi connectivity index (χ4n) is 4.90. The molecule has 2 aliphatic rings. The van der Waals surface area contributed by atoms with Gasteiger partial charge in [0.15, 0.2) is 0 Å². The molecule has 0 aliphatic carbocycles. The lowest BCUT2D eigenvalue weighted by molar-refractivity contribution is -0.136. The van der Waals surface area contributed by atoms with Gasteiger partial charge < -0.3 is 4.90 Å². The summed E-state index contributed by atoms with van der Waals surface area (Å²) in [5, 5.41) is 2.33. The first-order valence-electron chi connectivity index (χ1n) is 12.9. The SMILES string of the molecule is Cc1ccc(S(=O)(=O)OC(C)CCCCCCc2ccc3c(c2)C(=O)N(C2CCC(=O)NC2=O)C3)cc1. The number of imide groups is 1. The number of benzene rings is 2. The van der Waals surface area contributed by atoms with Gasteiger partial charge >= 0.3 is 0 Å². The van der Waals surface area contributed by atoms with Gasteiger partial charge in [-0.3, -0.25) is 23.9 Å². The van der Waals surface area contributed by atoms with E-state index in [0.29, 0.717) is 24.9 Å². The molecule has 2 aromatic carbocycles. The molecule has 0 spiro atoms. The maximum Gasteiger partial charge on any atom is 0.297 e. The van der Waals surface area contributed by atoms with Gasteiger partial charge in [0.05, 0.1) is 11.0 Å². The molecule has 0 bridgehead atoms. The first-order valence-corrected chi connectivity index (χ1v) is 14.3. The van der Waals surface area contributed by atoms with Crippen molar-refractivity contribution in [2.45, 2.75) is 88.8 Å². The van der Waals surface area contributed by atoms with E-state index in [2.05, 4.69) is 5.32 Å². The zero-order valence-corrected chi connectivity index (χ0v) is 22.2. The minimum Gasteiger partial charge on any atom is -0.322 e. The Bertz CT molecular complexity index is 1270. The summed E-state index contributed by atoms with van der Waals surface area (Å²) in [6.45, 7) is 4.08. The second-order valence-electron chi connectivity index (χ2n) is 10.0. The van der Waals surface area contributed by atoms with Crippen molar-refractivity contribution in [3.63, 3.8) is 0 Å². The quantitative estimate of drug-likeness (QED) is 0.269. The van der Waals surface area contributed by atoms with Gasteiger partial charge in [0, 0.05) is 18.5 Å². The second-order valence-corrected chi connectivity index (χ2v) is 11.6. The summed E-state index contributed by atoms with van der Waals surface area (Å²) in [5.41, 5.74) is 3.63. The van der Waals surface area contributed by atoms with E-state index in [-0.39, 0.29) is 29.2 Å². The molecule has 2 aliphatic heterocycles. The number of piperidine rings is 1. The number of nitrogens with zero attached hydrogens (tertiary/aromatic N) is 1. The number of carbonyl (C=O) groups excluding carboxylic acids is 3. The molecule has 2 aromatic rings. The molecule has 0 saturated carbocycles. The Kier molecular flexibility index (Phi) is 8.44. The molecule has 8 nitrogen and oxygen atoms in total. The predicted octanol–water partition coefficient (Wildman–Crippen LogP) is 4.04. The molecule has 1 N–H and O–H groups in total. The minimum absolute atomic E-state index is 0.152. The van der Waals surface area contributed by atoms with Gasteiger partial charge in [-0.1, -0.05) is 49.1 Å². The van der Waals surface area contributed by atoms with Crippen LogP contribution >= 0.6 is 0 Å². The first kappa shape index (κ1) is 27.0. The Morgan fingerprint density at radius 1 is 1.03 bits per heavy atom. The average Bonchev–Trinajstić information content (AvgIpc) is 3.17. The van der Waals surface area contributed by atoms with Crippen LogP contribution in [0, 0.1) is 6.92 Å². The molecular formula is C28H34N2O6S. The molecule has 9 heteroatoms. The van der Waals surface area contributed by atoms with Crippen LogP contribution < -0.4 is 5.32 Å². The van der Waals surface area contributed by atoms with E-state index >= 15 is 0 Å². The molecule has 4 rings (SSSR count). The molecule has 0 radical (unpaired) electrons. The van der Waals surface area contributed by atoms with Crippen molar-refractivity contribution in [2.24, 2.45) is 0 Å². The van der Waals surface area contributed by atoms with E-state index in [9.17, 15) is 22.8 Å². The summed E-state index contributed by atoms with van der Waals surface area (Å²) >= 11 is 0. The van der Waals surface area contributed by atoms with Gasteiger partial charge in [-0.15, -0.1) is 0 Å². The standard InChI is InChI=1S/C28H34N2O6S/c1-19-9-13-23(14-10-19)37(34,35)36-20(2)7-5-3-4-6-8-21-11-12-22-18-30(28(33)24(22)17-21)25-15-16-26(31)29-27(25)32/h9-14,17,20,25H,3-8,15-16,18H2,1-2H3,(H,29,31,32). The third kappa shape index (κ3) is 6.64. The van der Waals surface area contributed by atoms with E-state index in [1.54, 1.807) is 36.1 Å². The highest BCUT2D eigenvalue weighted by Crippen LogP contribution is 2.28. The third-order valence-corrected chi connectivity index (χ3v) is 8.45. The van der Waals surface area contributed by atoms with Crippen molar-refractivity contribution in [1.82, 2.24) is 10.2 Å². The summed E-state index contributed by atoms with van der Waals surface area (Å²) in [4.78, 5) is 38.3. The number of nitrogens with one attached hydrogen (secondary N) is 1. The molecular weight excluding hydrogens is 492 g/mol. The number of aryl methyl sites for hydroxylation is 2. The lowest BCUT2D eigenvalue weighted by Gasteiger charge is -2.29. The zero-order chi connectivity index (χ0) is 26.6. The summed E-state index contributed by atoms with van der Waals surface area (Å²) < 4.78 is 30.2. The Morgan fingerprint density at radius 2 is 1.76 bits per heavy atom. The largest absolute Gasteiger partial charge is 0.322 e. The minimum atomic E-state index is -3.75. The van der Waals surface area contributed by atoms with Crippen molar-refractivity contribution < 1.29 is 27.0 Å². The summed E-state index contributed by atoms with van der Waals surface area (Å²) in [5.74, 6) is -0.840.